The van der Waals surface area contributed by atoms with E-state index < -0.39 is 42.4 Å². The van der Waals surface area contributed by atoms with Crippen LogP contribution in [0.15, 0.2) is 44.5 Å². The van der Waals surface area contributed by atoms with Gasteiger partial charge in [0.05, 0.1) is 12.2 Å². The molecule has 0 saturated carbocycles. The van der Waals surface area contributed by atoms with E-state index >= 15 is 0 Å². The SMILES string of the molecule is O=c1[nH]c(=O)n([C@@H]2O[C@H](CO)[C@@H](O)[C@H]2O)cc1-c1cccc(Br)c1. The lowest BCUT2D eigenvalue weighted by Gasteiger charge is -2.18. The molecule has 1 saturated heterocycles. The number of hydrogen-bond acceptors (Lipinski definition) is 6. The zero-order chi connectivity index (χ0) is 17.4. The molecule has 0 amide bonds. The van der Waals surface area contributed by atoms with Crippen LogP contribution in [0.1, 0.15) is 6.23 Å². The number of ether oxygens (including phenoxy) is 1. The van der Waals surface area contributed by atoms with Gasteiger partial charge in [-0.05, 0) is 17.7 Å². The molecular formula is C15H15BrN2O6. The van der Waals surface area contributed by atoms with Crippen molar-refractivity contribution in [3.63, 3.8) is 0 Å². The van der Waals surface area contributed by atoms with Gasteiger partial charge in [0.1, 0.15) is 18.3 Å². The van der Waals surface area contributed by atoms with Crippen LogP contribution < -0.4 is 11.2 Å². The van der Waals surface area contributed by atoms with Crippen LogP contribution in [-0.2, 0) is 4.74 Å². The summed E-state index contributed by atoms with van der Waals surface area (Å²) in [4.78, 5) is 26.4. The van der Waals surface area contributed by atoms with Crippen LogP contribution in [-0.4, -0.2) is 49.8 Å². The van der Waals surface area contributed by atoms with E-state index in [1.54, 1.807) is 24.3 Å². The van der Waals surface area contributed by atoms with Crippen molar-refractivity contribution in [3.05, 3.63) is 55.8 Å². The van der Waals surface area contributed by atoms with Gasteiger partial charge in [0.25, 0.3) is 5.56 Å². The minimum absolute atomic E-state index is 0.202. The quantitative estimate of drug-likeness (QED) is 0.556. The molecule has 128 valence electrons. The van der Waals surface area contributed by atoms with Crippen LogP contribution in [0, 0.1) is 0 Å². The number of hydrogen-bond donors (Lipinski definition) is 4. The van der Waals surface area contributed by atoms with Gasteiger partial charge in [-0.1, -0.05) is 28.1 Å². The van der Waals surface area contributed by atoms with Gasteiger partial charge in [0.15, 0.2) is 6.23 Å². The summed E-state index contributed by atoms with van der Waals surface area (Å²) in [6.45, 7) is -0.509. The van der Waals surface area contributed by atoms with Gasteiger partial charge >= 0.3 is 5.69 Å². The van der Waals surface area contributed by atoms with Gasteiger partial charge in [-0.2, -0.15) is 0 Å². The van der Waals surface area contributed by atoms with Crippen molar-refractivity contribution in [2.24, 2.45) is 0 Å². The van der Waals surface area contributed by atoms with E-state index in [0.29, 0.717) is 5.56 Å². The van der Waals surface area contributed by atoms with Crippen molar-refractivity contribution < 1.29 is 20.1 Å². The molecule has 4 atom stereocenters. The molecule has 2 heterocycles. The van der Waals surface area contributed by atoms with E-state index in [-0.39, 0.29) is 5.56 Å². The van der Waals surface area contributed by atoms with Gasteiger partial charge in [-0.3, -0.25) is 14.3 Å². The maximum Gasteiger partial charge on any atom is 0.330 e. The number of rotatable bonds is 3. The summed E-state index contributed by atoms with van der Waals surface area (Å²) >= 11 is 3.31. The molecular weight excluding hydrogens is 384 g/mol. The van der Waals surface area contributed by atoms with Gasteiger partial charge in [0, 0.05) is 10.7 Å². The number of nitrogens with zero attached hydrogens (tertiary/aromatic N) is 1. The van der Waals surface area contributed by atoms with Gasteiger partial charge in [-0.15, -0.1) is 0 Å². The fraction of sp³-hybridized carbons (Fsp3) is 0.333. The summed E-state index contributed by atoms with van der Waals surface area (Å²) in [5.74, 6) is 0. The molecule has 1 aliphatic heterocycles. The molecule has 8 nitrogen and oxygen atoms in total. The summed E-state index contributed by atoms with van der Waals surface area (Å²) in [7, 11) is 0. The average Bonchev–Trinajstić information content (AvgIpc) is 2.83. The minimum atomic E-state index is -1.42. The molecule has 4 N–H and O–H groups in total. The topological polar surface area (TPSA) is 125 Å². The van der Waals surface area contributed by atoms with Crippen molar-refractivity contribution in [1.82, 2.24) is 9.55 Å². The zero-order valence-electron chi connectivity index (χ0n) is 12.3. The number of aromatic amines is 1. The third kappa shape index (κ3) is 2.96. The molecule has 1 aliphatic rings. The molecule has 0 unspecified atom stereocenters. The first-order chi connectivity index (χ1) is 11.4. The maximum atomic E-state index is 12.1. The molecule has 9 heteroatoms. The lowest BCUT2D eigenvalue weighted by Crippen LogP contribution is -2.38. The van der Waals surface area contributed by atoms with Crippen molar-refractivity contribution in [2.45, 2.75) is 24.5 Å². The molecule has 3 rings (SSSR count). The van der Waals surface area contributed by atoms with Crippen LogP contribution in [0.3, 0.4) is 0 Å². The normalized spacial score (nSPS) is 26.7. The summed E-state index contributed by atoms with van der Waals surface area (Å²) in [6.07, 6.45) is -3.72. The first-order valence-corrected chi connectivity index (χ1v) is 7.95. The largest absolute Gasteiger partial charge is 0.394 e. The van der Waals surface area contributed by atoms with E-state index in [1.807, 2.05) is 0 Å². The Hall–Kier alpha value is -1.78. The minimum Gasteiger partial charge on any atom is -0.394 e. The summed E-state index contributed by atoms with van der Waals surface area (Å²) in [5, 5.41) is 29.0. The van der Waals surface area contributed by atoms with E-state index in [0.717, 1.165) is 9.04 Å². The second kappa shape index (κ2) is 6.61. The number of halogens is 1. The summed E-state index contributed by atoms with van der Waals surface area (Å²) in [5.41, 5.74) is -0.602. The van der Waals surface area contributed by atoms with Crippen LogP contribution in [0.4, 0.5) is 0 Å². The Morgan fingerprint density at radius 3 is 2.62 bits per heavy atom. The predicted octanol–water partition coefficient (Wildman–Crippen LogP) is -0.422. The second-order valence-corrected chi connectivity index (χ2v) is 6.36. The van der Waals surface area contributed by atoms with Crippen molar-refractivity contribution in [3.8, 4) is 11.1 Å². The lowest BCUT2D eigenvalue weighted by molar-refractivity contribution is -0.0549. The van der Waals surface area contributed by atoms with Gasteiger partial charge < -0.3 is 20.1 Å². The maximum absolute atomic E-state index is 12.1. The fourth-order valence-corrected chi connectivity index (χ4v) is 3.05. The number of aliphatic hydroxyl groups excluding tert-OH is 3. The molecule has 1 fully saturated rings. The molecule has 24 heavy (non-hydrogen) atoms. The first-order valence-electron chi connectivity index (χ1n) is 7.16. The smallest absolute Gasteiger partial charge is 0.330 e. The number of aromatic nitrogens is 2. The predicted molar refractivity (Wildman–Crippen MR) is 87.5 cm³/mol. The second-order valence-electron chi connectivity index (χ2n) is 5.45. The standard InChI is InChI=1S/C15H15BrN2O6/c16-8-3-1-2-7(4-8)9-5-18(15(23)17-13(9)22)14-12(21)11(20)10(6-19)24-14/h1-5,10-12,14,19-21H,6H2,(H,17,22,23)/t10-,11-,12-,14-/m1/s1. The fourth-order valence-electron chi connectivity index (χ4n) is 2.65. The Bertz CT molecular complexity index is 864. The molecule has 2 aromatic rings. The Morgan fingerprint density at radius 2 is 2.00 bits per heavy atom. The zero-order valence-corrected chi connectivity index (χ0v) is 13.9. The molecule has 0 radical (unpaired) electrons. The Morgan fingerprint density at radius 1 is 1.25 bits per heavy atom. The third-order valence-electron chi connectivity index (χ3n) is 3.89. The lowest BCUT2D eigenvalue weighted by atomic mass is 10.1. The summed E-state index contributed by atoms with van der Waals surface area (Å²) < 4.78 is 7.09. The Labute approximate surface area is 144 Å². The Kier molecular flexibility index (Phi) is 4.70. The van der Waals surface area contributed by atoms with E-state index in [2.05, 4.69) is 20.9 Å². The highest BCUT2D eigenvalue weighted by Crippen LogP contribution is 2.29. The molecule has 0 spiro atoms. The monoisotopic (exact) mass is 398 g/mol. The van der Waals surface area contributed by atoms with Crippen LogP contribution in [0.2, 0.25) is 0 Å². The third-order valence-corrected chi connectivity index (χ3v) is 4.39. The van der Waals surface area contributed by atoms with E-state index in [4.69, 9.17) is 9.84 Å². The van der Waals surface area contributed by atoms with Crippen LogP contribution in [0.25, 0.3) is 11.1 Å². The van der Waals surface area contributed by atoms with E-state index in [9.17, 15) is 19.8 Å². The summed E-state index contributed by atoms with van der Waals surface area (Å²) in [6, 6.07) is 6.93. The first kappa shape index (κ1) is 17.1. The van der Waals surface area contributed by atoms with Gasteiger partial charge in [0.2, 0.25) is 0 Å². The molecule has 1 aromatic heterocycles. The van der Waals surface area contributed by atoms with Crippen molar-refractivity contribution >= 4 is 15.9 Å². The average molecular weight is 399 g/mol. The van der Waals surface area contributed by atoms with Crippen LogP contribution >= 0.6 is 15.9 Å². The highest BCUT2D eigenvalue weighted by atomic mass is 79.9. The van der Waals surface area contributed by atoms with Crippen molar-refractivity contribution in [1.29, 1.82) is 0 Å². The highest BCUT2D eigenvalue weighted by molar-refractivity contribution is 9.10. The number of nitrogens with one attached hydrogen (secondary N) is 1. The number of benzene rings is 1. The molecule has 0 bridgehead atoms. The van der Waals surface area contributed by atoms with E-state index in [1.165, 1.54) is 6.20 Å². The van der Waals surface area contributed by atoms with Gasteiger partial charge in [-0.25, -0.2) is 4.79 Å². The number of H-pyrrole nitrogens is 1. The highest BCUT2D eigenvalue weighted by Gasteiger charge is 2.43. The molecule has 0 aliphatic carbocycles. The van der Waals surface area contributed by atoms with Crippen molar-refractivity contribution in [2.75, 3.05) is 6.61 Å². The van der Waals surface area contributed by atoms with Crippen LogP contribution in [0.5, 0.6) is 0 Å². The number of aliphatic hydroxyl groups is 3. The Balaban J connectivity index is 2.09. The molecule has 1 aromatic carbocycles.